The van der Waals surface area contributed by atoms with Gasteiger partial charge in [-0.15, -0.1) is 0 Å². The van der Waals surface area contributed by atoms with Crippen LogP contribution < -0.4 is 10.1 Å². The van der Waals surface area contributed by atoms with E-state index in [-0.39, 0.29) is 5.82 Å². The first-order valence-corrected chi connectivity index (χ1v) is 6.64. The van der Waals surface area contributed by atoms with E-state index >= 15 is 0 Å². The first kappa shape index (κ1) is 14.5. The van der Waals surface area contributed by atoms with E-state index in [9.17, 15) is 4.39 Å². The average molecular weight is 274 g/mol. The molecule has 2 aromatic rings. The molecule has 0 fully saturated rings. The summed E-state index contributed by atoms with van der Waals surface area (Å²) in [6, 6.07) is 10.4. The van der Waals surface area contributed by atoms with Crippen molar-refractivity contribution in [1.29, 1.82) is 0 Å². The lowest BCUT2D eigenvalue weighted by atomic mass is 10.1. The van der Waals surface area contributed by atoms with Gasteiger partial charge in [0.05, 0.1) is 12.8 Å². The van der Waals surface area contributed by atoms with Crippen molar-refractivity contribution in [3.63, 3.8) is 0 Å². The minimum absolute atomic E-state index is 0.197. The number of aryl methyl sites for hydroxylation is 1. The summed E-state index contributed by atoms with van der Waals surface area (Å²) in [6.45, 7) is 3.47. The Morgan fingerprint density at radius 1 is 1.20 bits per heavy atom. The minimum Gasteiger partial charge on any atom is -0.497 e. The van der Waals surface area contributed by atoms with E-state index in [0.717, 1.165) is 35.7 Å². The van der Waals surface area contributed by atoms with Crippen LogP contribution in [0, 0.1) is 12.7 Å². The number of nitrogens with zero attached hydrogens (tertiary/aromatic N) is 1. The van der Waals surface area contributed by atoms with E-state index in [1.165, 1.54) is 12.1 Å². The van der Waals surface area contributed by atoms with Crippen LogP contribution in [0.15, 0.2) is 36.4 Å². The monoisotopic (exact) mass is 274 g/mol. The number of benzene rings is 1. The summed E-state index contributed by atoms with van der Waals surface area (Å²) >= 11 is 0. The van der Waals surface area contributed by atoms with Gasteiger partial charge in [0.1, 0.15) is 11.6 Å². The molecule has 1 heterocycles. The number of pyridine rings is 1. The third kappa shape index (κ3) is 4.31. The summed E-state index contributed by atoms with van der Waals surface area (Å²) in [5, 5.41) is 3.33. The molecule has 0 unspecified atom stereocenters. The topological polar surface area (TPSA) is 34.1 Å². The molecule has 1 aromatic carbocycles. The molecular weight excluding hydrogens is 255 g/mol. The molecule has 0 amide bonds. The van der Waals surface area contributed by atoms with E-state index < -0.39 is 0 Å². The Labute approximate surface area is 118 Å². The van der Waals surface area contributed by atoms with Gasteiger partial charge in [0.15, 0.2) is 0 Å². The second-order valence-corrected chi connectivity index (χ2v) is 4.69. The Bertz CT molecular complexity index is 555. The number of aromatic nitrogens is 1. The van der Waals surface area contributed by atoms with Crippen molar-refractivity contribution < 1.29 is 9.13 Å². The fourth-order valence-corrected chi connectivity index (χ4v) is 2.01. The molecule has 4 heteroatoms. The van der Waals surface area contributed by atoms with Gasteiger partial charge >= 0.3 is 0 Å². The molecule has 106 valence electrons. The fraction of sp³-hybridized carbons (Fsp3) is 0.312. The van der Waals surface area contributed by atoms with Crippen molar-refractivity contribution in [3.8, 4) is 5.75 Å². The largest absolute Gasteiger partial charge is 0.497 e. The van der Waals surface area contributed by atoms with Crippen LogP contribution in [0.1, 0.15) is 17.0 Å². The third-order valence-electron chi connectivity index (χ3n) is 3.03. The van der Waals surface area contributed by atoms with Gasteiger partial charge in [-0.3, -0.25) is 4.98 Å². The summed E-state index contributed by atoms with van der Waals surface area (Å²) in [7, 11) is 1.65. The SMILES string of the molecule is COc1cc(C)nc(CNCCc2ccc(F)cc2)c1. The highest BCUT2D eigenvalue weighted by Crippen LogP contribution is 2.13. The van der Waals surface area contributed by atoms with E-state index in [4.69, 9.17) is 4.74 Å². The summed E-state index contributed by atoms with van der Waals surface area (Å²) in [5.41, 5.74) is 3.02. The number of halogens is 1. The summed E-state index contributed by atoms with van der Waals surface area (Å²) < 4.78 is 18.0. The second-order valence-electron chi connectivity index (χ2n) is 4.69. The maximum atomic E-state index is 12.8. The molecular formula is C16H19FN2O. The highest BCUT2D eigenvalue weighted by molar-refractivity contribution is 5.26. The Kier molecular flexibility index (Phi) is 5.07. The fourth-order valence-electron chi connectivity index (χ4n) is 2.01. The highest BCUT2D eigenvalue weighted by Gasteiger charge is 2.00. The van der Waals surface area contributed by atoms with E-state index in [1.54, 1.807) is 7.11 Å². The van der Waals surface area contributed by atoms with Crippen LogP contribution in [0.25, 0.3) is 0 Å². The van der Waals surface area contributed by atoms with Crippen LogP contribution in [-0.4, -0.2) is 18.6 Å². The maximum absolute atomic E-state index is 12.8. The number of hydrogen-bond acceptors (Lipinski definition) is 3. The molecule has 1 N–H and O–H groups in total. The molecule has 2 rings (SSSR count). The molecule has 0 aliphatic carbocycles. The minimum atomic E-state index is -0.197. The predicted octanol–water partition coefficient (Wildman–Crippen LogP) is 2.87. The van der Waals surface area contributed by atoms with E-state index in [2.05, 4.69) is 10.3 Å². The smallest absolute Gasteiger partial charge is 0.123 e. The number of ether oxygens (including phenoxy) is 1. The predicted molar refractivity (Wildman–Crippen MR) is 77.3 cm³/mol. The van der Waals surface area contributed by atoms with Crippen LogP contribution in [-0.2, 0) is 13.0 Å². The number of nitrogens with one attached hydrogen (secondary N) is 1. The second kappa shape index (κ2) is 7.01. The van der Waals surface area contributed by atoms with Crippen molar-refractivity contribution >= 4 is 0 Å². The Morgan fingerprint density at radius 3 is 2.65 bits per heavy atom. The Balaban J connectivity index is 1.81. The lowest BCUT2D eigenvalue weighted by molar-refractivity contribution is 0.412. The lowest BCUT2D eigenvalue weighted by Crippen LogP contribution is -2.17. The van der Waals surface area contributed by atoms with Crippen LogP contribution in [0.2, 0.25) is 0 Å². The highest BCUT2D eigenvalue weighted by atomic mass is 19.1. The average Bonchev–Trinajstić information content (AvgIpc) is 2.45. The van der Waals surface area contributed by atoms with Gasteiger partial charge < -0.3 is 10.1 Å². The Hall–Kier alpha value is -1.94. The van der Waals surface area contributed by atoms with Crippen molar-refractivity contribution in [2.75, 3.05) is 13.7 Å². The van der Waals surface area contributed by atoms with Gasteiger partial charge in [0, 0.05) is 24.4 Å². The molecule has 0 bridgehead atoms. The quantitative estimate of drug-likeness (QED) is 0.822. The van der Waals surface area contributed by atoms with Crippen molar-refractivity contribution in [3.05, 3.63) is 59.2 Å². The standard InChI is InChI=1S/C16H19FN2O/c1-12-9-16(20-2)10-15(19-12)11-18-8-7-13-3-5-14(17)6-4-13/h3-6,9-10,18H,7-8,11H2,1-2H3. The van der Waals surface area contributed by atoms with Crippen LogP contribution in [0.3, 0.4) is 0 Å². The first-order chi connectivity index (χ1) is 9.67. The van der Waals surface area contributed by atoms with Gasteiger partial charge in [-0.25, -0.2) is 4.39 Å². The van der Waals surface area contributed by atoms with Crippen LogP contribution in [0.5, 0.6) is 5.75 Å². The summed E-state index contributed by atoms with van der Waals surface area (Å²) in [5.74, 6) is 0.630. The molecule has 0 aliphatic heterocycles. The Morgan fingerprint density at radius 2 is 1.95 bits per heavy atom. The summed E-state index contributed by atoms with van der Waals surface area (Å²) in [4.78, 5) is 4.45. The zero-order chi connectivity index (χ0) is 14.4. The molecule has 0 saturated carbocycles. The molecule has 0 saturated heterocycles. The molecule has 3 nitrogen and oxygen atoms in total. The molecule has 0 spiro atoms. The van der Waals surface area contributed by atoms with Crippen molar-refractivity contribution in [1.82, 2.24) is 10.3 Å². The van der Waals surface area contributed by atoms with Crippen LogP contribution in [0.4, 0.5) is 4.39 Å². The number of methoxy groups -OCH3 is 1. The molecule has 20 heavy (non-hydrogen) atoms. The van der Waals surface area contributed by atoms with Gasteiger partial charge in [0.25, 0.3) is 0 Å². The van der Waals surface area contributed by atoms with Crippen molar-refractivity contribution in [2.45, 2.75) is 19.9 Å². The first-order valence-electron chi connectivity index (χ1n) is 6.64. The van der Waals surface area contributed by atoms with E-state index in [1.807, 2.05) is 31.2 Å². The lowest BCUT2D eigenvalue weighted by Gasteiger charge is -2.07. The zero-order valence-corrected chi connectivity index (χ0v) is 11.8. The molecule has 0 radical (unpaired) electrons. The summed E-state index contributed by atoms with van der Waals surface area (Å²) in [6.07, 6.45) is 0.864. The van der Waals surface area contributed by atoms with Gasteiger partial charge in [0.2, 0.25) is 0 Å². The molecule has 0 atom stereocenters. The molecule has 1 aromatic heterocycles. The van der Waals surface area contributed by atoms with Crippen LogP contribution >= 0.6 is 0 Å². The zero-order valence-electron chi connectivity index (χ0n) is 11.8. The van der Waals surface area contributed by atoms with Gasteiger partial charge in [-0.05, 0) is 37.6 Å². The van der Waals surface area contributed by atoms with Gasteiger partial charge in [-0.1, -0.05) is 12.1 Å². The van der Waals surface area contributed by atoms with Gasteiger partial charge in [-0.2, -0.15) is 0 Å². The van der Waals surface area contributed by atoms with Crippen molar-refractivity contribution in [2.24, 2.45) is 0 Å². The normalized spacial score (nSPS) is 10.6. The maximum Gasteiger partial charge on any atom is 0.123 e. The molecule has 0 aliphatic rings. The number of rotatable bonds is 6. The van der Waals surface area contributed by atoms with E-state index in [0.29, 0.717) is 6.54 Å². The third-order valence-corrected chi connectivity index (χ3v) is 3.03. The number of hydrogen-bond donors (Lipinski definition) is 1.